The van der Waals surface area contributed by atoms with Gasteiger partial charge in [-0.2, -0.15) is 5.10 Å². The van der Waals surface area contributed by atoms with Crippen LogP contribution in [0.4, 0.5) is 0 Å². The quantitative estimate of drug-likeness (QED) is 0.782. The molecule has 13 heavy (non-hydrogen) atoms. The van der Waals surface area contributed by atoms with Crippen molar-refractivity contribution >= 4 is 22.6 Å². The van der Waals surface area contributed by atoms with Gasteiger partial charge < -0.3 is 0 Å². The first-order chi connectivity index (χ1) is 6.34. The molecule has 5 heteroatoms. The summed E-state index contributed by atoms with van der Waals surface area (Å²) in [5.41, 5.74) is 0. The van der Waals surface area contributed by atoms with Crippen LogP contribution in [0.2, 0.25) is 0 Å². The zero-order valence-corrected chi connectivity index (χ0v) is 8.92. The van der Waals surface area contributed by atoms with Crippen LogP contribution >= 0.6 is 22.6 Å². The van der Waals surface area contributed by atoms with Gasteiger partial charge in [0.15, 0.2) is 0 Å². The molecule has 0 N–H and O–H groups in total. The molecule has 0 saturated heterocycles. The molecule has 0 aliphatic carbocycles. The number of nitrogens with zero attached hydrogens (tertiary/aromatic N) is 4. The average Bonchev–Trinajstić information content (AvgIpc) is 2.53. The van der Waals surface area contributed by atoms with Crippen molar-refractivity contribution in [1.82, 2.24) is 19.7 Å². The van der Waals surface area contributed by atoms with Gasteiger partial charge in [-0.15, -0.1) is 0 Å². The van der Waals surface area contributed by atoms with Gasteiger partial charge in [0.1, 0.15) is 12.4 Å². The van der Waals surface area contributed by atoms with Gasteiger partial charge in [0.25, 0.3) is 0 Å². The molecule has 2 aromatic rings. The van der Waals surface area contributed by atoms with E-state index in [1.165, 1.54) is 0 Å². The third-order valence-corrected chi connectivity index (χ3v) is 2.08. The average molecular weight is 286 g/mol. The summed E-state index contributed by atoms with van der Waals surface area (Å²) in [6.07, 6.45) is 7.23. The second-order valence-corrected chi connectivity index (χ2v) is 3.77. The van der Waals surface area contributed by atoms with E-state index in [-0.39, 0.29) is 0 Å². The topological polar surface area (TPSA) is 43.6 Å². The van der Waals surface area contributed by atoms with Crippen LogP contribution in [0, 0.1) is 3.57 Å². The van der Waals surface area contributed by atoms with Gasteiger partial charge in [0.05, 0.1) is 9.77 Å². The van der Waals surface area contributed by atoms with Crippen molar-refractivity contribution in [2.45, 2.75) is 6.54 Å². The first-order valence-electron chi connectivity index (χ1n) is 3.78. The molecule has 2 rings (SSSR count). The summed E-state index contributed by atoms with van der Waals surface area (Å²) in [4.78, 5) is 8.22. The Bertz CT molecular complexity index is 384. The molecule has 0 aliphatic rings. The number of rotatable bonds is 2. The monoisotopic (exact) mass is 286 g/mol. The molecular weight excluding hydrogens is 279 g/mol. The lowest BCUT2D eigenvalue weighted by Gasteiger charge is -1.97. The highest BCUT2D eigenvalue weighted by atomic mass is 127. The Morgan fingerprint density at radius 1 is 1.31 bits per heavy atom. The Hall–Kier alpha value is -0.980. The highest BCUT2D eigenvalue weighted by molar-refractivity contribution is 14.1. The van der Waals surface area contributed by atoms with Crippen LogP contribution in [0.1, 0.15) is 5.82 Å². The highest BCUT2D eigenvalue weighted by Crippen LogP contribution is 2.02. The van der Waals surface area contributed by atoms with Gasteiger partial charge in [-0.1, -0.05) is 0 Å². The molecule has 0 unspecified atom stereocenters. The van der Waals surface area contributed by atoms with Gasteiger partial charge in [-0.25, -0.2) is 9.97 Å². The van der Waals surface area contributed by atoms with Crippen LogP contribution in [0.25, 0.3) is 0 Å². The normalized spacial score (nSPS) is 10.2. The van der Waals surface area contributed by atoms with E-state index in [4.69, 9.17) is 0 Å². The first kappa shape index (κ1) is 8.61. The molecule has 0 aliphatic heterocycles. The lowest BCUT2D eigenvalue weighted by Crippen LogP contribution is -2.03. The zero-order chi connectivity index (χ0) is 9.10. The standard InChI is InChI=1S/C8H7IN4/c9-7-4-12-13(5-7)6-8-10-2-1-3-11-8/h1-5H,6H2. The maximum atomic E-state index is 4.14. The summed E-state index contributed by atoms with van der Waals surface area (Å²) in [6.45, 7) is 0.629. The van der Waals surface area contributed by atoms with Crippen molar-refractivity contribution in [1.29, 1.82) is 0 Å². The Labute approximate surface area is 89.2 Å². The number of halogens is 1. The molecule has 2 aromatic heterocycles. The minimum absolute atomic E-state index is 0.629. The number of hydrogen-bond acceptors (Lipinski definition) is 3. The van der Waals surface area contributed by atoms with Crippen molar-refractivity contribution < 1.29 is 0 Å². The molecule has 0 aromatic carbocycles. The Morgan fingerprint density at radius 3 is 2.69 bits per heavy atom. The van der Waals surface area contributed by atoms with Gasteiger partial charge in [0.2, 0.25) is 0 Å². The van der Waals surface area contributed by atoms with Crippen molar-refractivity contribution in [3.8, 4) is 0 Å². The summed E-state index contributed by atoms with van der Waals surface area (Å²) in [5, 5.41) is 4.14. The Kier molecular flexibility index (Phi) is 2.53. The fourth-order valence-corrected chi connectivity index (χ4v) is 1.43. The van der Waals surface area contributed by atoms with Crippen LogP contribution in [0.15, 0.2) is 30.9 Å². The molecule has 0 bridgehead atoms. The lowest BCUT2D eigenvalue weighted by atomic mass is 10.5. The molecular formula is C8H7IN4. The second kappa shape index (κ2) is 3.82. The fraction of sp³-hybridized carbons (Fsp3) is 0.125. The van der Waals surface area contributed by atoms with Crippen molar-refractivity contribution in [3.63, 3.8) is 0 Å². The van der Waals surface area contributed by atoms with Gasteiger partial charge >= 0.3 is 0 Å². The fourth-order valence-electron chi connectivity index (χ4n) is 0.981. The van der Waals surface area contributed by atoms with Crippen molar-refractivity contribution in [2.24, 2.45) is 0 Å². The molecule has 0 spiro atoms. The number of hydrogen-bond donors (Lipinski definition) is 0. The molecule has 66 valence electrons. The van der Waals surface area contributed by atoms with E-state index in [9.17, 15) is 0 Å². The van der Waals surface area contributed by atoms with E-state index >= 15 is 0 Å². The van der Waals surface area contributed by atoms with Crippen molar-refractivity contribution in [2.75, 3.05) is 0 Å². The highest BCUT2D eigenvalue weighted by Gasteiger charge is 1.97. The zero-order valence-electron chi connectivity index (χ0n) is 6.76. The molecule has 2 heterocycles. The predicted octanol–water partition coefficient (Wildman–Crippen LogP) is 1.33. The molecule has 0 saturated carbocycles. The van der Waals surface area contributed by atoms with Crippen LogP contribution in [0.3, 0.4) is 0 Å². The lowest BCUT2D eigenvalue weighted by molar-refractivity contribution is 0.654. The second-order valence-electron chi connectivity index (χ2n) is 2.52. The van der Waals surface area contributed by atoms with E-state index in [1.54, 1.807) is 18.5 Å². The van der Waals surface area contributed by atoms with Gasteiger partial charge in [0, 0.05) is 18.6 Å². The maximum absolute atomic E-state index is 4.14. The molecule has 0 atom stereocenters. The third-order valence-electron chi connectivity index (χ3n) is 1.52. The molecule has 0 radical (unpaired) electrons. The van der Waals surface area contributed by atoms with Crippen LogP contribution < -0.4 is 0 Å². The van der Waals surface area contributed by atoms with E-state index in [0.29, 0.717) is 6.54 Å². The summed E-state index contributed by atoms with van der Waals surface area (Å²) in [7, 11) is 0. The summed E-state index contributed by atoms with van der Waals surface area (Å²) in [5.74, 6) is 0.780. The minimum atomic E-state index is 0.629. The van der Waals surface area contributed by atoms with E-state index < -0.39 is 0 Å². The molecule has 4 nitrogen and oxygen atoms in total. The Morgan fingerprint density at radius 2 is 2.08 bits per heavy atom. The molecule has 0 fully saturated rings. The van der Waals surface area contributed by atoms with E-state index in [2.05, 4.69) is 37.7 Å². The van der Waals surface area contributed by atoms with Gasteiger partial charge in [-0.3, -0.25) is 4.68 Å². The van der Waals surface area contributed by atoms with Crippen LogP contribution in [-0.4, -0.2) is 19.7 Å². The summed E-state index contributed by atoms with van der Waals surface area (Å²) in [6, 6.07) is 1.80. The minimum Gasteiger partial charge on any atom is -0.264 e. The van der Waals surface area contributed by atoms with E-state index in [0.717, 1.165) is 9.39 Å². The number of aromatic nitrogens is 4. The smallest absolute Gasteiger partial charge is 0.149 e. The van der Waals surface area contributed by atoms with Crippen LogP contribution in [0.5, 0.6) is 0 Å². The van der Waals surface area contributed by atoms with E-state index in [1.807, 2.05) is 17.1 Å². The summed E-state index contributed by atoms with van der Waals surface area (Å²) < 4.78 is 2.94. The Balaban J connectivity index is 2.15. The maximum Gasteiger partial charge on any atom is 0.149 e. The summed E-state index contributed by atoms with van der Waals surface area (Å²) >= 11 is 2.22. The van der Waals surface area contributed by atoms with Gasteiger partial charge in [-0.05, 0) is 28.7 Å². The SMILES string of the molecule is Ic1cnn(Cc2ncccn2)c1. The van der Waals surface area contributed by atoms with Crippen LogP contribution in [-0.2, 0) is 6.54 Å². The molecule has 0 amide bonds. The largest absolute Gasteiger partial charge is 0.264 e. The van der Waals surface area contributed by atoms with Crippen molar-refractivity contribution in [3.05, 3.63) is 40.2 Å². The third kappa shape index (κ3) is 2.24. The predicted molar refractivity (Wildman–Crippen MR) is 56.1 cm³/mol. The first-order valence-corrected chi connectivity index (χ1v) is 4.86.